The van der Waals surface area contributed by atoms with Crippen LogP contribution in [0.5, 0.6) is 5.75 Å². The quantitative estimate of drug-likeness (QED) is 0.617. The Bertz CT molecular complexity index is 1010. The number of nitrogens with zero attached hydrogens (tertiary/aromatic N) is 3. The number of methoxy groups -OCH3 is 1. The molecule has 0 atom stereocenters. The fourth-order valence-corrected chi connectivity index (χ4v) is 4.45. The van der Waals surface area contributed by atoms with Crippen LogP contribution in [0.2, 0.25) is 5.02 Å². The van der Waals surface area contributed by atoms with E-state index in [9.17, 15) is 10.1 Å². The van der Waals surface area contributed by atoms with Crippen LogP contribution in [-0.2, 0) is 24.2 Å². The summed E-state index contributed by atoms with van der Waals surface area (Å²) >= 11 is 6.36. The van der Waals surface area contributed by atoms with Gasteiger partial charge < -0.3 is 19.3 Å². The fourth-order valence-electron chi connectivity index (χ4n) is 4.19. The minimum Gasteiger partial charge on any atom is -0.495 e. The van der Waals surface area contributed by atoms with E-state index in [-0.39, 0.29) is 5.97 Å². The lowest BCUT2D eigenvalue weighted by Gasteiger charge is -2.34. The van der Waals surface area contributed by atoms with Gasteiger partial charge >= 0.3 is 5.97 Å². The number of carbonyl (C=O) groups excluding carboxylic acids is 1. The van der Waals surface area contributed by atoms with Gasteiger partial charge in [-0.25, -0.2) is 4.79 Å². The summed E-state index contributed by atoms with van der Waals surface area (Å²) in [6.07, 6.45) is 1.80. The lowest BCUT2D eigenvalue weighted by Crippen LogP contribution is -2.47. The number of rotatable bonds is 7. The molecule has 0 amide bonds. The van der Waals surface area contributed by atoms with Gasteiger partial charge in [0.15, 0.2) is 0 Å². The van der Waals surface area contributed by atoms with Gasteiger partial charge in [0.2, 0.25) is 0 Å². The first-order chi connectivity index (χ1) is 15.1. The normalized spacial score (nSPS) is 16.6. The van der Waals surface area contributed by atoms with E-state index in [4.69, 9.17) is 21.1 Å². The summed E-state index contributed by atoms with van der Waals surface area (Å²) in [4.78, 5) is 16.5. The molecule has 1 fully saturated rings. The maximum atomic E-state index is 11.6. The van der Waals surface area contributed by atoms with Crippen molar-refractivity contribution in [1.82, 2.24) is 9.80 Å². The molecule has 2 aliphatic rings. The van der Waals surface area contributed by atoms with E-state index in [1.807, 2.05) is 18.2 Å². The van der Waals surface area contributed by atoms with Gasteiger partial charge in [-0.1, -0.05) is 23.7 Å². The van der Waals surface area contributed by atoms with E-state index in [2.05, 4.69) is 21.9 Å². The second-order valence-corrected chi connectivity index (χ2v) is 8.41. The number of ether oxygens (including phenoxy) is 2. The molecule has 1 saturated heterocycles. The van der Waals surface area contributed by atoms with Crippen molar-refractivity contribution in [2.45, 2.75) is 19.4 Å². The van der Waals surface area contributed by atoms with Gasteiger partial charge in [0, 0.05) is 49.9 Å². The maximum absolute atomic E-state index is 11.6. The molecule has 0 saturated carbocycles. The highest BCUT2D eigenvalue weighted by atomic mass is 35.5. The molecule has 7 heteroatoms. The largest absolute Gasteiger partial charge is 0.495 e. The molecule has 2 aliphatic heterocycles. The van der Waals surface area contributed by atoms with Crippen LogP contribution in [-0.4, -0.2) is 62.1 Å². The van der Waals surface area contributed by atoms with Gasteiger partial charge in [-0.2, -0.15) is 5.26 Å². The van der Waals surface area contributed by atoms with E-state index in [0.29, 0.717) is 28.5 Å². The van der Waals surface area contributed by atoms with Crippen LogP contribution in [0.4, 0.5) is 0 Å². The number of fused-ring (bicyclic) bond motifs is 1. The van der Waals surface area contributed by atoms with E-state index in [1.54, 1.807) is 13.2 Å². The van der Waals surface area contributed by atoms with Gasteiger partial charge in [-0.15, -0.1) is 0 Å². The Kier molecular flexibility index (Phi) is 6.77. The lowest BCUT2D eigenvalue weighted by atomic mass is 10.0. The van der Waals surface area contributed by atoms with Crippen LogP contribution in [0.3, 0.4) is 0 Å². The van der Waals surface area contributed by atoms with Crippen molar-refractivity contribution in [2.75, 3.05) is 46.4 Å². The Hall–Kier alpha value is -2.59. The summed E-state index contributed by atoms with van der Waals surface area (Å²) in [6.45, 7) is 6.47. The lowest BCUT2D eigenvalue weighted by molar-refractivity contribution is 0.0535. The molecule has 31 heavy (non-hydrogen) atoms. The number of carbonyl (C=O) groups is 1. The number of hydrogen-bond donors (Lipinski definition) is 0. The smallest absolute Gasteiger partial charge is 0.338 e. The summed E-state index contributed by atoms with van der Waals surface area (Å²) < 4.78 is 10.4. The Morgan fingerprint density at radius 2 is 1.81 bits per heavy atom. The Morgan fingerprint density at radius 1 is 1.10 bits per heavy atom. The summed E-state index contributed by atoms with van der Waals surface area (Å²) in [7, 11) is 1.57. The molecule has 2 aromatic carbocycles. The number of nitriles is 1. The van der Waals surface area contributed by atoms with Crippen LogP contribution < -0.4 is 4.74 Å². The van der Waals surface area contributed by atoms with Crippen LogP contribution in [0.25, 0.3) is 0 Å². The van der Waals surface area contributed by atoms with Crippen LogP contribution in [0, 0.1) is 11.3 Å². The number of esters is 1. The highest BCUT2D eigenvalue weighted by Crippen LogP contribution is 2.27. The zero-order chi connectivity index (χ0) is 21.8. The maximum Gasteiger partial charge on any atom is 0.338 e. The van der Waals surface area contributed by atoms with Gasteiger partial charge in [-0.05, 0) is 42.2 Å². The number of benzene rings is 2. The molecule has 4 rings (SSSR count). The molecule has 6 nitrogen and oxygen atoms in total. The first kappa shape index (κ1) is 21.6. The zero-order valence-corrected chi connectivity index (χ0v) is 18.5. The number of piperazine rings is 1. The van der Waals surface area contributed by atoms with Gasteiger partial charge in [0.1, 0.15) is 18.4 Å². The zero-order valence-electron chi connectivity index (χ0n) is 17.7. The third-order valence-corrected chi connectivity index (χ3v) is 6.47. The van der Waals surface area contributed by atoms with Crippen molar-refractivity contribution in [3.8, 4) is 11.8 Å². The molecular weight excluding hydrogens is 414 g/mol. The predicted octanol–water partition coefficient (Wildman–Crippen LogP) is 3.29. The molecule has 162 valence electrons. The van der Waals surface area contributed by atoms with Crippen molar-refractivity contribution < 1.29 is 14.3 Å². The summed E-state index contributed by atoms with van der Waals surface area (Å²) in [5, 5.41) is 9.79. The van der Waals surface area contributed by atoms with Crippen LogP contribution in [0.1, 0.15) is 32.6 Å². The number of halogens is 1. The molecule has 0 spiro atoms. The average molecular weight is 440 g/mol. The molecule has 0 aromatic heterocycles. The molecule has 0 radical (unpaired) electrons. The summed E-state index contributed by atoms with van der Waals surface area (Å²) in [5.41, 5.74) is 4.44. The van der Waals surface area contributed by atoms with Crippen LogP contribution >= 0.6 is 11.6 Å². The Balaban J connectivity index is 1.23. The van der Waals surface area contributed by atoms with E-state index < -0.39 is 0 Å². The minimum absolute atomic E-state index is 0.210. The minimum atomic E-state index is -0.210. The summed E-state index contributed by atoms with van der Waals surface area (Å²) in [5.74, 6) is 0.368. The van der Waals surface area contributed by atoms with Gasteiger partial charge in [0.05, 0.1) is 18.2 Å². The average Bonchev–Trinajstić information content (AvgIpc) is 3.17. The Morgan fingerprint density at radius 3 is 2.48 bits per heavy atom. The highest BCUT2D eigenvalue weighted by Gasteiger charge is 2.21. The number of hydrogen-bond acceptors (Lipinski definition) is 6. The second kappa shape index (κ2) is 9.69. The van der Waals surface area contributed by atoms with E-state index in [0.717, 1.165) is 63.2 Å². The SMILES string of the molecule is COc1cc(CCN2CCN(CCc3ccc4c(c3)COC4=O)CC2)c(Cl)cc1C#N. The topological polar surface area (TPSA) is 65.8 Å². The van der Waals surface area contributed by atoms with Crippen molar-refractivity contribution in [2.24, 2.45) is 0 Å². The first-order valence-corrected chi connectivity index (χ1v) is 11.0. The van der Waals surface area contributed by atoms with Crippen molar-refractivity contribution in [3.05, 3.63) is 63.2 Å². The Labute approximate surface area is 187 Å². The van der Waals surface area contributed by atoms with E-state index in [1.165, 1.54) is 5.56 Å². The fraction of sp³-hybridized carbons (Fsp3) is 0.417. The predicted molar refractivity (Wildman–Crippen MR) is 119 cm³/mol. The van der Waals surface area contributed by atoms with Crippen molar-refractivity contribution >= 4 is 17.6 Å². The monoisotopic (exact) mass is 439 g/mol. The summed E-state index contributed by atoms with van der Waals surface area (Å²) in [6, 6.07) is 11.7. The third kappa shape index (κ3) is 5.01. The first-order valence-electron chi connectivity index (χ1n) is 10.6. The third-order valence-electron chi connectivity index (χ3n) is 6.12. The highest BCUT2D eigenvalue weighted by molar-refractivity contribution is 6.31. The van der Waals surface area contributed by atoms with Crippen molar-refractivity contribution in [3.63, 3.8) is 0 Å². The molecule has 2 aromatic rings. The van der Waals surface area contributed by atoms with E-state index >= 15 is 0 Å². The van der Waals surface area contributed by atoms with Gasteiger partial charge in [-0.3, -0.25) is 0 Å². The van der Waals surface area contributed by atoms with Crippen molar-refractivity contribution in [1.29, 1.82) is 5.26 Å². The second-order valence-electron chi connectivity index (χ2n) is 8.01. The standard InChI is InChI=1S/C24H26ClN3O3/c1-30-23-14-18(22(25)13-19(23)15-26)5-7-28-10-8-27(9-11-28)6-4-17-2-3-21-20(12-17)16-31-24(21)29/h2-3,12-14H,4-11,16H2,1H3. The van der Waals surface area contributed by atoms with Crippen LogP contribution in [0.15, 0.2) is 30.3 Å². The molecule has 0 unspecified atom stereocenters. The number of cyclic esters (lactones) is 1. The molecule has 0 aliphatic carbocycles. The molecular formula is C24H26ClN3O3. The molecule has 0 N–H and O–H groups in total. The molecule has 2 heterocycles. The van der Waals surface area contributed by atoms with Gasteiger partial charge in [0.25, 0.3) is 0 Å². The molecule has 0 bridgehead atoms.